The predicted octanol–water partition coefficient (Wildman–Crippen LogP) is 2.95. The number of anilines is 1. The van der Waals surface area contributed by atoms with Gasteiger partial charge in [0.25, 0.3) is 10.0 Å². The highest BCUT2D eigenvalue weighted by Crippen LogP contribution is 2.28. The summed E-state index contributed by atoms with van der Waals surface area (Å²) >= 11 is 12.4. The molecule has 0 atom stereocenters. The van der Waals surface area contributed by atoms with Crippen LogP contribution < -0.4 is 4.72 Å². The molecule has 0 amide bonds. The second kappa shape index (κ2) is 5.57. The second-order valence-electron chi connectivity index (χ2n) is 3.53. The van der Waals surface area contributed by atoms with Gasteiger partial charge in [-0.1, -0.05) is 34.5 Å². The van der Waals surface area contributed by atoms with Crippen molar-refractivity contribution in [1.82, 2.24) is 4.98 Å². The summed E-state index contributed by atoms with van der Waals surface area (Å²) in [5.41, 5.74) is -0.105. The van der Waals surface area contributed by atoms with Gasteiger partial charge < -0.3 is 5.11 Å². The quantitative estimate of drug-likeness (QED) is 0.881. The fraction of sp³-hybridized carbons (Fsp3) is 0. The summed E-state index contributed by atoms with van der Waals surface area (Å²) in [5, 5.41) is 8.69. The van der Waals surface area contributed by atoms with Crippen LogP contribution in [0.4, 0.5) is 5.13 Å². The standard InChI is InChI=1S/C10H6Cl2N2O4S2/c11-6-3-5(9(15)16)1-2-7(6)20(17,18)14-10-13-4-8(12)19-10/h1-4H,(H,13,14)(H,15,16). The number of carboxylic acids is 1. The van der Waals surface area contributed by atoms with Crippen molar-refractivity contribution in [1.29, 1.82) is 0 Å². The lowest BCUT2D eigenvalue weighted by Gasteiger charge is -2.07. The fourth-order valence-electron chi connectivity index (χ4n) is 1.32. The van der Waals surface area contributed by atoms with Gasteiger partial charge in [0.15, 0.2) is 5.13 Å². The van der Waals surface area contributed by atoms with Crippen molar-refractivity contribution in [3.63, 3.8) is 0 Å². The van der Waals surface area contributed by atoms with E-state index in [1.165, 1.54) is 6.20 Å². The number of sulfonamides is 1. The Kier molecular flexibility index (Phi) is 4.19. The molecule has 1 aromatic carbocycles. The minimum atomic E-state index is -3.96. The van der Waals surface area contributed by atoms with Crippen molar-refractivity contribution in [2.45, 2.75) is 4.90 Å². The Labute approximate surface area is 128 Å². The Morgan fingerprint density at radius 1 is 1.35 bits per heavy atom. The minimum Gasteiger partial charge on any atom is -0.478 e. The summed E-state index contributed by atoms with van der Waals surface area (Å²) < 4.78 is 26.7. The van der Waals surface area contributed by atoms with Gasteiger partial charge in [-0.3, -0.25) is 4.72 Å². The van der Waals surface area contributed by atoms with Crippen LogP contribution in [0.25, 0.3) is 0 Å². The molecule has 0 unspecified atom stereocenters. The first kappa shape index (κ1) is 15.0. The van der Waals surface area contributed by atoms with Crippen LogP contribution in [0.5, 0.6) is 0 Å². The van der Waals surface area contributed by atoms with Crippen molar-refractivity contribution in [3.05, 3.63) is 39.3 Å². The van der Waals surface area contributed by atoms with E-state index in [0.29, 0.717) is 4.34 Å². The Morgan fingerprint density at radius 2 is 2.05 bits per heavy atom. The highest BCUT2D eigenvalue weighted by molar-refractivity contribution is 7.93. The molecule has 0 aliphatic heterocycles. The summed E-state index contributed by atoms with van der Waals surface area (Å²) in [6.45, 7) is 0. The first-order valence-corrected chi connectivity index (χ1v) is 8.02. The number of aromatic carboxylic acids is 1. The van der Waals surface area contributed by atoms with Crippen molar-refractivity contribution in [2.75, 3.05) is 4.72 Å². The summed E-state index contributed by atoms with van der Waals surface area (Å²) in [7, 11) is -3.96. The molecule has 0 saturated heterocycles. The molecule has 0 radical (unpaired) electrons. The number of benzene rings is 1. The molecule has 2 rings (SSSR count). The molecule has 106 valence electrons. The summed E-state index contributed by atoms with van der Waals surface area (Å²) in [5.74, 6) is -1.20. The van der Waals surface area contributed by atoms with Crippen LogP contribution in [0.1, 0.15) is 10.4 Å². The maximum atomic E-state index is 12.1. The van der Waals surface area contributed by atoms with E-state index in [-0.39, 0.29) is 20.6 Å². The molecule has 10 heteroatoms. The number of thiazole rings is 1. The van der Waals surface area contributed by atoms with Gasteiger partial charge in [-0.2, -0.15) is 0 Å². The van der Waals surface area contributed by atoms with Crippen LogP contribution in [0, 0.1) is 0 Å². The molecule has 6 nitrogen and oxygen atoms in total. The average molecular weight is 353 g/mol. The number of halogens is 2. The minimum absolute atomic E-state index is 0.0911. The molecule has 0 bridgehead atoms. The van der Waals surface area contributed by atoms with Crippen molar-refractivity contribution < 1.29 is 18.3 Å². The van der Waals surface area contributed by atoms with Crippen molar-refractivity contribution in [2.24, 2.45) is 0 Å². The fourth-order valence-corrected chi connectivity index (χ4v) is 3.92. The molecule has 0 aliphatic carbocycles. The Hall–Kier alpha value is -1.35. The molecule has 0 spiro atoms. The number of aromatic nitrogens is 1. The first-order chi connectivity index (χ1) is 9.29. The Morgan fingerprint density at radius 3 is 2.55 bits per heavy atom. The molecule has 1 heterocycles. The molecule has 20 heavy (non-hydrogen) atoms. The van der Waals surface area contributed by atoms with Gasteiger partial charge in [-0.25, -0.2) is 18.2 Å². The lowest BCUT2D eigenvalue weighted by Crippen LogP contribution is -2.13. The van der Waals surface area contributed by atoms with E-state index in [2.05, 4.69) is 9.71 Å². The molecule has 2 N–H and O–H groups in total. The third-order valence-electron chi connectivity index (χ3n) is 2.17. The van der Waals surface area contributed by atoms with E-state index in [1.807, 2.05) is 0 Å². The van der Waals surface area contributed by atoms with Crippen LogP contribution >= 0.6 is 34.5 Å². The van der Waals surface area contributed by atoms with E-state index in [1.54, 1.807) is 0 Å². The molecular weight excluding hydrogens is 347 g/mol. The zero-order valence-corrected chi connectivity index (χ0v) is 12.6. The van der Waals surface area contributed by atoms with Gasteiger partial charge in [0, 0.05) is 0 Å². The van der Waals surface area contributed by atoms with Gasteiger partial charge in [0.05, 0.1) is 16.8 Å². The number of nitrogens with one attached hydrogen (secondary N) is 1. The normalized spacial score (nSPS) is 11.3. The first-order valence-electron chi connectivity index (χ1n) is 4.96. The SMILES string of the molecule is O=C(O)c1ccc(S(=O)(=O)Nc2ncc(Cl)s2)c(Cl)c1. The van der Waals surface area contributed by atoms with E-state index in [4.69, 9.17) is 28.3 Å². The van der Waals surface area contributed by atoms with Crippen LogP contribution in [0.15, 0.2) is 29.3 Å². The molecular formula is C10H6Cl2N2O4S2. The van der Waals surface area contributed by atoms with Crippen LogP contribution in [-0.4, -0.2) is 24.5 Å². The largest absolute Gasteiger partial charge is 0.478 e. The third-order valence-corrected chi connectivity index (χ3v) is 5.15. The lowest BCUT2D eigenvalue weighted by atomic mass is 10.2. The van der Waals surface area contributed by atoms with Crippen LogP contribution in [0.2, 0.25) is 9.36 Å². The van der Waals surface area contributed by atoms with Crippen LogP contribution in [0.3, 0.4) is 0 Å². The summed E-state index contributed by atoms with van der Waals surface area (Å²) in [6.07, 6.45) is 1.30. The molecule has 0 aliphatic rings. The molecule has 1 aromatic heterocycles. The number of hydrogen-bond acceptors (Lipinski definition) is 5. The smallest absolute Gasteiger partial charge is 0.335 e. The summed E-state index contributed by atoms with van der Waals surface area (Å²) in [4.78, 5) is 14.3. The highest BCUT2D eigenvalue weighted by atomic mass is 35.5. The van der Waals surface area contributed by atoms with Crippen molar-refractivity contribution in [3.8, 4) is 0 Å². The number of carbonyl (C=O) groups is 1. The summed E-state index contributed by atoms with van der Waals surface area (Å²) in [6, 6.07) is 3.33. The number of carboxylic acid groups (broad SMARTS) is 1. The maximum absolute atomic E-state index is 12.1. The van der Waals surface area contributed by atoms with Gasteiger partial charge in [-0.05, 0) is 18.2 Å². The van der Waals surface area contributed by atoms with E-state index < -0.39 is 16.0 Å². The van der Waals surface area contributed by atoms with Crippen molar-refractivity contribution >= 4 is 55.7 Å². The lowest BCUT2D eigenvalue weighted by molar-refractivity contribution is 0.0696. The van der Waals surface area contributed by atoms with E-state index in [9.17, 15) is 13.2 Å². The topological polar surface area (TPSA) is 96.4 Å². The molecule has 0 fully saturated rings. The Bertz CT molecular complexity index is 773. The highest BCUT2D eigenvalue weighted by Gasteiger charge is 2.20. The Balaban J connectivity index is 2.37. The zero-order chi connectivity index (χ0) is 14.9. The van der Waals surface area contributed by atoms with E-state index >= 15 is 0 Å². The van der Waals surface area contributed by atoms with Crippen LogP contribution in [-0.2, 0) is 10.0 Å². The molecule has 0 saturated carbocycles. The average Bonchev–Trinajstić information content (AvgIpc) is 2.73. The van der Waals surface area contributed by atoms with Gasteiger partial charge >= 0.3 is 5.97 Å². The van der Waals surface area contributed by atoms with Gasteiger partial charge in [-0.15, -0.1) is 0 Å². The monoisotopic (exact) mass is 352 g/mol. The second-order valence-corrected chi connectivity index (χ2v) is 7.25. The van der Waals surface area contributed by atoms with E-state index in [0.717, 1.165) is 29.5 Å². The number of nitrogens with zero attached hydrogens (tertiary/aromatic N) is 1. The predicted molar refractivity (Wildman–Crippen MR) is 76.3 cm³/mol. The van der Waals surface area contributed by atoms with Gasteiger partial charge in [0.1, 0.15) is 9.23 Å². The van der Waals surface area contributed by atoms with Gasteiger partial charge in [0.2, 0.25) is 0 Å². The number of hydrogen-bond donors (Lipinski definition) is 2. The maximum Gasteiger partial charge on any atom is 0.335 e. The zero-order valence-electron chi connectivity index (χ0n) is 9.50. The molecule has 2 aromatic rings. The number of rotatable bonds is 4. The third kappa shape index (κ3) is 3.21.